The van der Waals surface area contributed by atoms with Gasteiger partial charge in [-0.05, 0) is 78.0 Å². The van der Waals surface area contributed by atoms with Gasteiger partial charge in [-0.15, -0.1) is 0 Å². The Labute approximate surface area is 368 Å². The first-order chi connectivity index (χ1) is 29.2. The van der Waals surface area contributed by atoms with Crippen molar-refractivity contribution in [2.24, 2.45) is 17.8 Å². The minimum atomic E-state index is -1.85. The van der Waals surface area contributed by atoms with Crippen molar-refractivity contribution in [3.05, 3.63) is 83.1 Å². The van der Waals surface area contributed by atoms with Gasteiger partial charge in [0.15, 0.2) is 12.6 Å². The van der Waals surface area contributed by atoms with E-state index in [2.05, 4.69) is 29.2 Å². The van der Waals surface area contributed by atoms with Crippen LogP contribution in [0.3, 0.4) is 0 Å². The average Bonchev–Trinajstić information content (AvgIpc) is 3.56. The number of benzene rings is 2. The third kappa shape index (κ3) is 10.1. The van der Waals surface area contributed by atoms with E-state index in [9.17, 15) is 25.2 Å². The number of esters is 1. The first-order valence-electron chi connectivity index (χ1n) is 22.6. The van der Waals surface area contributed by atoms with Crippen LogP contribution in [0.5, 0.6) is 0 Å². The molecule has 0 amide bonds. The summed E-state index contributed by atoms with van der Waals surface area (Å²) in [6.07, 6.45) is -7.89. The van der Waals surface area contributed by atoms with Crippen molar-refractivity contribution in [3.63, 3.8) is 0 Å². The van der Waals surface area contributed by atoms with Crippen molar-refractivity contribution in [2.75, 3.05) is 7.11 Å². The first kappa shape index (κ1) is 48.5. The van der Waals surface area contributed by atoms with Gasteiger partial charge >= 0.3 is 5.97 Å². The van der Waals surface area contributed by atoms with E-state index in [1.807, 2.05) is 71.0 Å². The highest BCUT2D eigenvalue weighted by Gasteiger charge is 2.57. The molecule has 4 aliphatic heterocycles. The Morgan fingerprint density at radius 3 is 2.08 bits per heavy atom. The van der Waals surface area contributed by atoms with Gasteiger partial charge in [0, 0.05) is 45.0 Å². The second-order valence-electron chi connectivity index (χ2n) is 19.3. The molecule has 13 nitrogen and oxygen atoms in total. The average molecular weight is 868 g/mol. The van der Waals surface area contributed by atoms with Crippen LogP contribution >= 0.6 is 0 Å². The standard InChI is InChI=1S/C49H73NO12/c1-12-37(51)49(10,55)44-30(4)40-28(2)24-48(9,62-40)43(31(5)41(32(6)45(54)60-44)59-38-25-47(8,56-11)42(53)33(7)58-38)61-46-39(52)36(23-29(3)57-46)50(26-34-19-15-13-16-20-34)27-35-21-17-14-18-22-35/h13-22,29-33,36-39,41-44,46,51-53,55H,12,23-27H2,1-11H3/t29?,30-,31-,32+,33?,36?,37+,38-,39?,41-,42-,43+,44+,46-,47?,48+,49+/m0/s1. The van der Waals surface area contributed by atoms with Gasteiger partial charge in [0.1, 0.15) is 41.4 Å². The Bertz CT molecular complexity index is 1770. The highest BCUT2D eigenvalue weighted by atomic mass is 16.7. The van der Waals surface area contributed by atoms with Gasteiger partial charge in [-0.3, -0.25) is 9.69 Å². The molecule has 0 aromatic heterocycles. The summed E-state index contributed by atoms with van der Waals surface area (Å²) in [5.74, 6) is -2.40. The van der Waals surface area contributed by atoms with Crippen molar-refractivity contribution in [1.82, 2.24) is 4.90 Å². The quantitative estimate of drug-likeness (QED) is 0.173. The zero-order valence-electron chi connectivity index (χ0n) is 38.6. The summed E-state index contributed by atoms with van der Waals surface area (Å²) in [6.45, 7) is 19.3. The monoisotopic (exact) mass is 868 g/mol. The fourth-order valence-electron chi connectivity index (χ4n) is 10.5. The molecule has 13 heteroatoms. The molecule has 3 fully saturated rings. The van der Waals surface area contributed by atoms with Crippen molar-refractivity contribution >= 4 is 5.97 Å². The van der Waals surface area contributed by atoms with E-state index in [1.165, 1.54) is 14.0 Å². The Hall–Kier alpha value is -2.95. The number of hydrogen-bond donors (Lipinski definition) is 4. The molecule has 17 atom stereocenters. The normalized spacial score (nSPS) is 39.7. The lowest BCUT2D eigenvalue weighted by Crippen LogP contribution is -2.60. The molecule has 4 heterocycles. The molecular formula is C49H73NO12. The van der Waals surface area contributed by atoms with Gasteiger partial charge in [0.25, 0.3) is 0 Å². The molecule has 6 rings (SSSR count). The van der Waals surface area contributed by atoms with Crippen LogP contribution in [0, 0.1) is 17.8 Å². The van der Waals surface area contributed by atoms with Crippen LogP contribution < -0.4 is 0 Å². The van der Waals surface area contributed by atoms with Crippen LogP contribution in [0.1, 0.15) is 106 Å². The number of aliphatic hydroxyl groups is 4. The van der Waals surface area contributed by atoms with E-state index < -0.39 is 95.8 Å². The maximum absolute atomic E-state index is 14.6. The summed E-state index contributed by atoms with van der Waals surface area (Å²) in [7, 11) is 1.53. The number of methoxy groups -OCH3 is 1. The van der Waals surface area contributed by atoms with E-state index in [0.717, 1.165) is 16.7 Å². The van der Waals surface area contributed by atoms with Gasteiger partial charge in [0.05, 0.1) is 41.9 Å². The molecule has 0 spiro atoms. The van der Waals surface area contributed by atoms with E-state index >= 15 is 0 Å². The molecule has 0 radical (unpaired) electrons. The lowest BCUT2D eigenvalue weighted by atomic mass is 9.78. The molecule has 62 heavy (non-hydrogen) atoms. The van der Waals surface area contributed by atoms with Crippen LogP contribution in [0.2, 0.25) is 0 Å². The Morgan fingerprint density at radius 2 is 1.52 bits per heavy atom. The second kappa shape index (κ2) is 19.7. The van der Waals surface area contributed by atoms with Gasteiger partial charge in [-0.25, -0.2) is 0 Å². The predicted molar refractivity (Wildman–Crippen MR) is 232 cm³/mol. The van der Waals surface area contributed by atoms with Crippen molar-refractivity contribution < 1.29 is 58.4 Å². The summed E-state index contributed by atoms with van der Waals surface area (Å²) in [5.41, 5.74) is -0.855. The van der Waals surface area contributed by atoms with Crippen molar-refractivity contribution in [3.8, 4) is 0 Å². The molecule has 5 unspecified atom stereocenters. The number of ether oxygens (including phenoxy) is 7. The topological polar surface area (TPSA) is 166 Å². The molecule has 2 bridgehead atoms. The van der Waals surface area contributed by atoms with Gasteiger partial charge in [-0.1, -0.05) is 81.4 Å². The van der Waals surface area contributed by atoms with Gasteiger partial charge < -0.3 is 53.6 Å². The number of nitrogens with zero attached hydrogens (tertiary/aromatic N) is 1. The Kier molecular flexibility index (Phi) is 15.4. The van der Waals surface area contributed by atoms with Crippen LogP contribution in [0.4, 0.5) is 0 Å². The third-order valence-corrected chi connectivity index (χ3v) is 14.2. The first-order valence-corrected chi connectivity index (χ1v) is 22.6. The summed E-state index contributed by atoms with van der Waals surface area (Å²) >= 11 is 0. The highest BCUT2D eigenvalue weighted by molar-refractivity contribution is 5.73. The fourth-order valence-corrected chi connectivity index (χ4v) is 10.5. The van der Waals surface area contributed by atoms with Gasteiger partial charge in [-0.2, -0.15) is 0 Å². The molecule has 0 aliphatic carbocycles. The van der Waals surface area contributed by atoms with Crippen LogP contribution in [-0.4, -0.2) is 123 Å². The number of aliphatic hydroxyl groups excluding tert-OH is 3. The summed E-state index contributed by atoms with van der Waals surface area (Å²) in [6, 6.07) is 20.0. The molecule has 4 aliphatic rings. The van der Waals surface area contributed by atoms with E-state index in [0.29, 0.717) is 31.7 Å². The maximum Gasteiger partial charge on any atom is 0.311 e. The number of hydrogen-bond acceptors (Lipinski definition) is 13. The predicted octanol–water partition coefficient (Wildman–Crippen LogP) is 6.03. The van der Waals surface area contributed by atoms with E-state index in [4.69, 9.17) is 33.2 Å². The molecule has 346 valence electrons. The van der Waals surface area contributed by atoms with Crippen LogP contribution in [0.15, 0.2) is 72.0 Å². The largest absolute Gasteiger partial charge is 0.488 e. The van der Waals surface area contributed by atoms with E-state index in [-0.39, 0.29) is 25.0 Å². The number of rotatable bonds is 13. The second-order valence-corrected chi connectivity index (χ2v) is 19.3. The highest BCUT2D eigenvalue weighted by Crippen LogP contribution is 2.48. The molecular weight excluding hydrogens is 795 g/mol. The molecule has 2 aromatic carbocycles. The maximum atomic E-state index is 14.6. The van der Waals surface area contributed by atoms with Gasteiger partial charge in [0.2, 0.25) is 0 Å². The number of carbonyl (C=O) groups is 1. The molecule has 3 saturated heterocycles. The number of carbonyl (C=O) groups excluding carboxylic acids is 1. The smallest absolute Gasteiger partial charge is 0.311 e. The summed E-state index contributed by atoms with van der Waals surface area (Å²) < 4.78 is 46.0. The summed E-state index contributed by atoms with van der Waals surface area (Å²) in [5, 5.41) is 46.6. The number of cyclic esters (lactones) is 1. The lowest BCUT2D eigenvalue weighted by molar-refractivity contribution is -0.317. The zero-order valence-corrected chi connectivity index (χ0v) is 38.6. The molecule has 4 N–H and O–H groups in total. The summed E-state index contributed by atoms with van der Waals surface area (Å²) in [4.78, 5) is 16.9. The third-order valence-electron chi connectivity index (χ3n) is 14.2. The minimum absolute atomic E-state index is 0.156. The van der Waals surface area contributed by atoms with Crippen LogP contribution in [-0.2, 0) is 51.0 Å². The van der Waals surface area contributed by atoms with E-state index in [1.54, 1.807) is 27.7 Å². The Morgan fingerprint density at radius 1 is 0.919 bits per heavy atom. The molecule has 2 aromatic rings. The zero-order chi connectivity index (χ0) is 45.3. The number of fused-ring (bicyclic) bond motifs is 2. The van der Waals surface area contributed by atoms with Crippen molar-refractivity contribution in [2.45, 2.75) is 192 Å². The Balaban J connectivity index is 1.40. The van der Waals surface area contributed by atoms with Crippen molar-refractivity contribution in [1.29, 1.82) is 0 Å². The lowest BCUT2D eigenvalue weighted by Gasteiger charge is -2.49. The fraction of sp³-hybridized carbons (Fsp3) is 0.694. The SMILES string of the molecule is CC[C@@H](O)[C@@](C)(O)[C@@H]1OC(=O)[C@H](C)[C@@H](O[C@H]2CC(C)(OC)[C@@H](O)C(C)O2)[C@H](C)[C@@H](O[C@@H]2OC(C)CC(N(Cc3ccccc3)Cc3ccccc3)C2O)[C@@]2(C)CC(C)=C(O2)[C@@H]1C. The molecule has 0 saturated carbocycles. The minimum Gasteiger partial charge on any atom is -0.488 e. The van der Waals surface area contributed by atoms with Crippen LogP contribution in [0.25, 0.3) is 0 Å².